The summed E-state index contributed by atoms with van der Waals surface area (Å²) in [5, 5.41) is 2.95. The van der Waals surface area contributed by atoms with Crippen molar-refractivity contribution in [3.8, 4) is 5.75 Å². The van der Waals surface area contributed by atoms with Gasteiger partial charge in [0, 0.05) is 11.9 Å². The highest BCUT2D eigenvalue weighted by Gasteiger charge is 2.14. The van der Waals surface area contributed by atoms with Gasteiger partial charge >= 0.3 is 0 Å². The van der Waals surface area contributed by atoms with Gasteiger partial charge in [0.05, 0.1) is 5.69 Å². The van der Waals surface area contributed by atoms with Crippen LogP contribution in [0.2, 0.25) is 0 Å². The van der Waals surface area contributed by atoms with Crippen LogP contribution in [0.4, 0.5) is 0 Å². The number of nitrogens with two attached hydrogens (primary N) is 1. The Morgan fingerprint density at radius 2 is 2.05 bits per heavy atom. The van der Waals surface area contributed by atoms with Crippen molar-refractivity contribution >= 4 is 11.3 Å². The molecule has 0 unspecified atom stereocenters. The van der Waals surface area contributed by atoms with E-state index >= 15 is 0 Å². The second-order valence-electron chi connectivity index (χ2n) is 5.96. The summed E-state index contributed by atoms with van der Waals surface area (Å²) in [6.45, 7) is 9.71. The minimum absolute atomic E-state index is 0.161. The molecule has 0 saturated carbocycles. The van der Waals surface area contributed by atoms with E-state index in [2.05, 4.69) is 44.8 Å². The van der Waals surface area contributed by atoms with Crippen molar-refractivity contribution in [3.63, 3.8) is 0 Å². The lowest BCUT2D eigenvalue weighted by atomic mass is 9.86. The quantitative estimate of drug-likeness (QED) is 0.932. The molecule has 20 heavy (non-hydrogen) atoms. The van der Waals surface area contributed by atoms with Crippen LogP contribution in [0.15, 0.2) is 23.6 Å². The van der Waals surface area contributed by atoms with E-state index in [0.29, 0.717) is 13.2 Å². The standard InChI is InChI=1S/C16H22N2OS/c1-11-7-12(16(2,3)4)5-6-14(11)19-9-13-10-20-15(8-17)18-13/h5-7,10H,8-9,17H2,1-4H3. The third kappa shape index (κ3) is 3.58. The number of hydrogen-bond acceptors (Lipinski definition) is 4. The van der Waals surface area contributed by atoms with Gasteiger partial charge in [-0.25, -0.2) is 4.98 Å². The Labute approximate surface area is 124 Å². The van der Waals surface area contributed by atoms with Crippen LogP contribution >= 0.6 is 11.3 Å². The molecule has 0 fully saturated rings. The van der Waals surface area contributed by atoms with Crippen molar-refractivity contribution in [3.05, 3.63) is 45.4 Å². The number of aryl methyl sites for hydroxylation is 1. The molecule has 0 aliphatic heterocycles. The van der Waals surface area contributed by atoms with Gasteiger partial charge in [-0.05, 0) is 29.5 Å². The molecule has 0 aliphatic rings. The third-order valence-corrected chi connectivity index (χ3v) is 4.11. The highest BCUT2D eigenvalue weighted by atomic mass is 32.1. The van der Waals surface area contributed by atoms with Gasteiger partial charge < -0.3 is 10.5 Å². The number of thiazole rings is 1. The normalized spacial score (nSPS) is 11.7. The smallest absolute Gasteiger partial charge is 0.131 e. The average Bonchev–Trinajstić information content (AvgIpc) is 2.84. The molecule has 1 aromatic heterocycles. The van der Waals surface area contributed by atoms with Gasteiger partial charge in [-0.2, -0.15) is 0 Å². The largest absolute Gasteiger partial charge is 0.487 e. The molecule has 3 nitrogen and oxygen atoms in total. The molecule has 1 heterocycles. The molecule has 2 N–H and O–H groups in total. The van der Waals surface area contributed by atoms with Crippen LogP contribution < -0.4 is 10.5 Å². The maximum atomic E-state index is 5.85. The number of benzene rings is 1. The number of aromatic nitrogens is 1. The van der Waals surface area contributed by atoms with Gasteiger partial charge in [-0.1, -0.05) is 32.9 Å². The Balaban J connectivity index is 2.06. The molecule has 0 saturated heterocycles. The van der Waals surface area contributed by atoms with Crippen LogP contribution in [0.3, 0.4) is 0 Å². The lowest BCUT2D eigenvalue weighted by Gasteiger charge is -2.20. The minimum Gasteiger partial charge on any atom is -0.487 e. The first-order valence-electron chi connectivity index (χ1n) is 6.77. The Hall–Kier alpha value is -1.39. The lowest BCUT2D eigenvalue weighted by Crippen LogP contribution is -2.11. The molecule has 0 aliphatic carbocycles. The van der Waals surface area contributed by atoms with Gasteiger partial charge in [0.25, 0.3) is 0 Å². The Bertz CT molecular complexity index is 584. The van der Waals surface area contributed by atoms with Crippen molar-refractivity contribution < 1.29 is 4.74 Å². The first-order valence-corrected chi connectivity index (χ1v) is 7.65. The molecular weight excluding hydrogens is 268 g/mol. The highest BCUT2D eigenvalue weighted by molar-refractivity contribution is 7.09. The summed E-state index contributed by atoms with van der Waals surface area (Å²) in [5.74, 6) is 0.917. The summed E-state index contributed by atoms with van der Waals surface area (Å²) in [6.07, 6.45) is 0. The number of ether oxygens (including phenoxy) is 1. The van der Waals surface area contributed by atoms with E-state index in [1.54, 1.807) is 11.3 Å². The first-order chi connectivity index (χ1) is 9.40. The van der Waals surface area contributed by atoms with E-state index in [0.717, 1.165) is 22.0 Å². The van der Waals surface area contributed by atoms with Crippen LogP contribution in [0.1, 0.15) is 42.6 Å². The first kappa shape index (κ1) is 15.0. The third-order valence-electron chi connectivity index (χ3n) is 3.19. The molecule has 0 amide bonds. The molecule has 0 radical (unpaired) electrons. The van der Waals surface area contributed by atoms with E-state index < -0.39 is 0 Å². The number of rotatable bonds is 4. The monoisotopic (exact) mass is 290 g/mol. The zero-order chi connectivity index (χ0) is 14.8. The predicted octanol–water partition coefficient (Wildman–Crippen LogP) is 3.79. The summed E-state index contributed by atoms with van der Waals surface area (Å²) in [7, 11) is 0. The molecular formula is C16H22N2OS. The van der Waals surface area contributed by atoms with Crippen molar-refractivity contribution in [2.24, 2.45) is 5.73 Å². The Morgan fingerprint density at radius 3 is 2.60 bits per heavy atom. The van der Waals surface area contributed by atoms with Crippen LogP contribution in [0.25, 0.3) is 0 Å². The molecule has 0 bridgehead atoms. The number of hydrogen-bond donors (Lipinski definition) is 1. The fraction of sp³-hybridized carbons (Fsp3) is 0.438. The van der Waals surface area contributed by atoms with E-state index in [1.807, 2.05) is 11.4 Å². The van der Waals surface area contributed by atoms with Crippen molar-refractivity contribution in [2.75, 3.05) is 0 Å². The van der Waals surface area contributed by atoms with Crippen LogP contribution in [0, 0.1) is 6.92 Å². The summed E-state index contributed by atoms with van der Waals surface area (Å²) in [6, 6.07) is 6.38. The maximum Gasteiger partial charge on any atom is 0.131 e. The fourth-order valence-corrected chi connectivity index (χ4v) is 2.60. The van der Waals surface area contributed by atoms with Crippen molar-refractivity contribution in [1.29, 1.82) is 0 Å². The lowest BCUT2D eigenvalue weighted by molar-refractivity contribution is 0.299. The van der Waals surface area contributed by atoms with Gasteiger partial charge in [-0.15, -0.1) is 11.3 Å². The average molecular weight is 290 g/mol. The second kappa shape index (κ2) is 5.94. The van der Waals surface area contributed by atoms with Gasteiger partial charge in [0.2, 0.25) is 0 Å². The minimum atomic E-state index is 0.161. The summed E-state index contributed by atoms with van der Waals surface area (Å²) in [5.41, 5.74) is 9.14. The molecule has 4 heteroatoms. The number of nitrogens with zero attached hydrogens (tertiary/aromatic N) is 1. The summed E-state index contributed by atoms with van der Waals surface area (Å²) < 4.78 is 5.85. The predicted molar refractivity (Wildman–Crippen MR) is 84.2 cm³/mol. The molecule has 1 aromatic carbocycles. The van der Waals surface area contributed by atoms with Crippen LogP contribution in [0.5, 0.6) is 5.75 Å². The van der Waals surface area contributed by atoms with Crippen molar-refractivity contribution in [1.82, 2.24) is 4.98 Å². The molecule has 2 aromatic rings. The fourth-order valence-electron chi connectivity index (χ4n) is 1.94. The van der Waals surface area contributed by atoms with E-state index in [4.69, 9.17) is 10.5 Å². The van der Waals surface area contributed by atoms with Gasteiger partial charge in [0.15, 0.2) is 0 Å². The molecule has 108 valence electrons. The van der Waals surface area contributed by atoms with Gasteiger partial charge in [0.1, 0.15) is 17.4 Å². The van der Waals surface area contributed by atoms with E-state index in [-0.39, 0.29) is 5.41 Å². The zero-order valence-electron chi connectivity index (χ0n) is 12.6. The molecule has 0 spiro atoms. The van der Waals surface area contributed by atoms with Crippen molar-refractivity contribution in [2.45, 2.75) is 46.3 Å². The maximum absolute atomic E-state index is 5.85. The molecule has 2 rings (SSSR count). The SMILES string of the molecule is Cc1cc(C(C)(C)C)ccc1OCc1csc(CN)n1. The van der Waals surface area contributed by atoms with Crippen LogP contribution in [-0.2, 0) is 18.6 Å². The molecule has 0 atom stereocenters. The van der Waals surface area contributed by atoms with E-state index in [9.17, 15) is 0 Å². The Morgan fingerprint density at radius 1 is 1.30 bits per heavy atom. The Kier molecular flexibility index (Phi) is 4.45. The topological polar surface area (TPSA) is 48.1 Å². The zero-order valence-corrected chi connectivity index (χ0v) is 13.4. The second-order valence-corrected chi connectivity index (χ2v) is 6.90. The highest BCUT2D eigenvalue weighted by Crippen LogP contribution is 2.28. The van der Waals surface area contributed by atoms with Gasteiger partial charge in [-0.3, -0.25) is 0 Å². The summed E-state index contributed by atoms with van der Waals surface area (Å²) >= 11 is 1.58. The summed E-state index contributed by atoms with van der Waals surface area (Å²) in [4.78, 5) is 4.40. The van der Waals surface area contributed by atoms with E-state index in [1.165, 1.54) is 5.56 Å². The van der Waals surface area contributed by atoms with Crippen LogP contribution in [-0.4, -0.2) is 4.98 Å².